The lowest BCUT2D eigenvalue weighted by Crippen LogP contribution is -2.43. The van der Waals surface area contributed by atoms with Gasteiger partial charge in [0.2, 0.25) is 0 Å². The fourth-order valence-corrected chi connectivity index (χ4v) is 3.27. The third kappa shape index (κ3) is 5.36. The van der Waals surface area contributed by atoms with Crippen LogP contribution in [0.5, 0.6) is 0 Å². The minimum atomic E-state index is -4.61. The number of aromatic nitrogens is 3. The second-order valence-corrected chi connectivity index (χ2v) is 8.35. The number of nitrogens with zero attached hydrogens (tertiary/aromatic N) is 4. The highest BCUT2D eigenvalue weighted by atomic mass is 19.4. The highest BCUT2D eigenvalue weighted by Gasteiger charge is 2.49. The summed E-state index contributed by atoms with van der Waals surface area (Å²) in [5.74, 6) is 0. The van der Waals surface area contributed by atoms with Gasteiger partial charge in [-0.15, -0.1) is 0 Å². The molecule has 2 aromatic heterocycles. The average molecular weight is 498 g/mol. The van der Waals surface area contributed by atoms with E-state index < -0.39 is 55.3 Å². The van der Waals surface area contributed by atoms with Gasteiger partial charge in [0.15, 0.2) is 11.2 Å². The number of carbonyl (C=O) groups is 1. The number of hydrogen-bond acceptors (Lipinski definition) is 6. The number of urea groups is 1. The van der Waals surface area contributed by atoms with Crippen molar-refractivity contribution in [1.82, 2.24) is 24.8 Å². The topological polar surface area (TPSA) is 107 Å². The number of methoxy groups -OCH3 is 1. The number of nitrogens with two attached hydrogens (primary N) is 1. The van der Waals surface area contributed by atoms with Gasteiger partial charge in [-0.3, -0.25) is 0 Å². The van der Waals surface area contributed by atoms with Gasteiger partial charge in [0.1, 0.15) is 6.04 Å². The Morgan fingerprint density at radius 1 is 1.24 bits per heavy atom. The molecule has 1 aliphatic rings. The number of amides is 2. The van der Waals surface area contributed by atoms with Crippen LogP contribution in [0.4, 0.5) is 31.1 Å². The van der Waals surface area contributed by atoms with Crippen molar-refractivity contribution in [2.45, 2.75) is 49.9 Å². The summed E-state index contributed by atoms with van der Waals surface area (Å²) in [7, 11) is 1.34. The predicted molar refractivity (Wildman–Crippen MR) is 106 cm³/mol. The van der Waals surface area contributed by atoms with E-state index in [0.29, 0.717) is 5.56 Å². The van der Waals surface area contributed by atoms with Crippen molar-refractivity contribution in [3.8, 4) is 0 Å². The summed E-state index contributed by atoms with van der Waals surface area (Å²) < 4.78 is 89.5. The molecule has 1 fully saturated rings. The van der Waals surface area contributed by atoms with Crippen LogP contribution in [0.15, 0.2) is 18.5 Å². The van der Waals surface area contributed by atoms with E-state index in [1.807, 2.05) is 5.32 Å². The molecule has 0 aromatic carbocycles. The Morgan fingerprint density at radius 3 is 2.47 bits per heavy atom. The first-order valence-corrected chi connectivity index (χ1v) is 10.1. The third-order valence-corrected chi connectivity index (χ3v) is 5.46. The first kappa shape index (κ1) is 26.0. The maximum Gasteiger partial charge on any atom is 0.416 e. The molecule has 2 aromatic rings. The van der Waals surface area contributed by atoms with E-state index >= 15 is 0 Å². The van der Waals surface area contributed by atoms with Crippen molar-refractivity contribution in [1.29, 1.82) is 0 Å². The molecule has 3 heterocycles. The van der Waals surface area contributed by atoms with E-state index in [9.17, 15) is 31.1 Å². The molecule has 3 atom stereocenters. The van der Waals surface area contributed by atoms with Crippen LogP contribution in [0.1, 0.15) is 37.2 Å². The van der Waals surface area contributed by atoms with Crippen LogP contribution in [0, 0.1) is 0 Å². The van der Waals surface area contributed by atoms with E-state index in [1.165, 1.54) is 30.1 Å². The monoisotopic (exact) mass is 498 g/mol. The van der Waals surface area contributed by atoms with E-state index in [2.05, 4.69) is 10.1 Å². The third-order valence-electron chi connectivity index (χ3n) is 5.46. The summed E-state index contributed by atoms with van der Waals surface area (Å²) in [6, 6.07) is -3.33. The maximum atomic E-state index is 13.1. The summed E-state index contributed by atoms with van der Waals surface area (Å²) in [6.07, 6.45) is -6.46. The van der Waals surface area contributed by atoms with Crippen molar-refractivity contribution >= 4 is 11.7 Å². The quantitative estimate of drug-likeness (QED) is 0.542. The van der Waals surface area contributed by atoms with E-state index in [-0.39, 0.29) is 17.9 Å². The minimum Gasteiger partial charge on any atom is -0.382 e. The Kier molecular flexibility index (Phi) is 7.01. The number of fused-ring (bicyclic) bond motifs is 1. The largest absolute Gasteiger partial charge is 0.416 e. The molecule has 0 unspecified atom stereocenters. The van der Waals surface area contributed by atoms with Crippen LogP contribution in [0.3, 0.4) is 0 Å². The van der Waals surface area contributed by atoms with Gasteiger partial charge in [0, 0.05) is 12.7 Å². The van der Waals surface area contributed by atoms with Crippen LogP contribution in [-0.4, -0.2) is 76.4 Å². The second-order valence-electron chi connectivity index (χ2n) is 8.35. The molecule has 0 saturated carbocycles. The Balaban J connectivity index is 1.81. The van der Waals surface area contributed by atoms with Gasteiger partial charge in [-0.25, -0.2) is 14.3 Å². The van der Waals surface area contributed by atoms with E-state index in [1.54, 1.807) is 0 Å². The lowest BCUT2D eigenvalue weighted by atomic mass is 10.1. The zero-order valence-corrected chi connectivity index (χ0v) is 18.4. The molecule has 1 saturated heterocycles. The first-order chi connectivity index (χ1) is 15.6. The molecule has 2 amide bonds. The fourth-order valence-electron chi connectivity index (χ4n) is 3.27. The van der Waals surface area contributed by atoms with Gasteiger partial charge in [-0.2, -0.15) is 31.4 Å². The zero-order chi connectivity index (χ0) is 25.5. The van der Waals surface area contributed by atoms with Crippen LogP contribution in [-0.2, 0) is 9.47 Å². The molecule has 0 radical (unpaired) electrons. The molecule has 190 valence electrons. The van der Waals surface area contributed by atoms with Gasteiger partial charge in [0.25, 0.3) is 0 Å². The number of halogens is 6. The SMILES string of the molecule is COC[C@H](c1cnn2cc([C@@H](N)COC(C)(C)C(F)(F)F)nc2c1)N1C[C@H](C(F)(F)F)NC1=O. The Labute approximate surface area is 190 Å². The summed E-state index contributed by atoms with van der Waals surface area (Å²) in [4.78, 5) is 17.5. The van der Waals surface area contributed by atoms with Gasteiger partial charge in [-0.1, -0.05) is 0 Å². The Morgan fingerprint density at radius 2 is 1.91 bits per heavy atom. The number of ether oxygens (including phenoxy) is 2. The highest BCUT2D eigenvalue weighted by Crippen LogP contribution is 2.34. The predicted octanol–water partition coefficient (Wildman–Crippen LogP) is 2.73. The normalized spacial score (nSPS) is 19.5. The molecule has 0 aliphatic carbocycles. The maximum absolute atomic E-state index is 13.1. The molecule has 3 rings (SSSR count). The lowest BCUT2D eigenvalue weighted by molar-refractivity contribution is -0.264. The lowest BCUT2D eigenvalue weighted by Gasteiger charge is -2.28. The Bertz CT molecular complexity index is 1020. The van der Waals surface area contributed by atoms with Gasteiger partial charge in [-0.05, 0) is 19.9 Å². The minimum absolute atomic E-state index is 0.108. The summed E-state index contributed by atoms with van der Waals surface area (Å²) in [6.45, 7) is 0.570. The summed E-state index contributed by atoms with van der Waals surface area (Å²) >= 11 is 0. The summed E-state index contributed by atoms with van der Waals surface area (Å²) in [5, 5.41) is 6.04. The molecular formula is C19H24F6N6O3. The number of hydrogen-bond donors (Lipinski definition) is 2. The van der Waals surface area contributed by atoms with Gasteiger partial charge >= 0.3 is 18.4 Å². The number of alkyl halides is 6. The average Bonchev–Trinajstić information content (AvgIpc) is 3.32. The standard InChI is InChI=1S/C19H24F6N6O3/c1-17(2,19(23,24)25)34-8-11(26)12-6-31-15(28-12)4-10(5-27-31)13(9-33-3)30-7-14(18(20,21)22)29-16(30)32/h4-6,11,13-14H,7-9,26H2,1-3H3,(H,29,32)/t11-,13+,14+/m0/s1. The van der Waals surface area contributed by atoms with Crippen molar-refractivity contribution in [2.75, 3.05) is 26.9 Å². The number of rotatable bonds is 8. The number of imidazole rings is 1. The van der Waals surface area contributed by atoms with Crippen LogP contribution in [0.2, 0.25) is 0 Å². The first-order valence-electron chi connectivity index (χ1n) is 10.1. The van der Waals surface area contributed by atoms with Crippen molar-refractivity contribution in [3.05, 3.63) is 29.7 Å². The molecule has 0 bridgehead atoms. The van der Waals surface area contributed by atoms with Crippen molar-refractivity contribution in [3.63, 3.8) is 0 Å². The van der Waals surface area contributed by atoms with Gasteiger partial charge in [0.05, 0.1) is 49.9 Å². The molecule has 1 aliphatic heterocycles. The Hall–Kier alpha value is -2.65. The highest BCUT2D eigenvalue weighted by molar-refractivity contribution is 5.77. The van der Waals surface area contributed by atoms with E-state index in [0.717, 1.165) is 18.7 Å². The van der Waals surface area contributed by atoms with Crippen LogP contribution in [0.25, 0.3) is 5.65 Å². The number of carbonyl (C=O) groups excluding carboxylic acids is 1. The van der Waals surface area contributed by atoms with Crippen molar-refractivity contribution in [2.24, 2.45) is 5.73 Å². The van der Waals surface area contributed by atoms with Crippen molar-refractivity contribution < 1.29 is 40.6 Å². The molecule has 9 nitrogen and oxygen atoms in total. The molecule has 0 spiro atoms. The van der Waals surface area contributed by atoms with Crippen LogP contribution < -0.4 is 11.1 Å². The second kappa shape index (κ2) is 9.19. The molecule has 3 N–H and O–H groups in total. The van der Waals surface area contributed by atoms with Crippen LogP contribution >= 0.6 is 0 Å². The van der Waals surface area contributed by atoms with E-state index in [4.69, 9.17) is 15.2 Å². The number of nitrogens with one attached hydrogen (secondary N) is 1. The molecular weight excluding hydrogens is 474 g/mol. The van der Waals surface area contributed by atoms with Gasteiger partial charge < -0.3 is 25.4 Å². The molecule has 34 heavy (non-hydrogen) atoms. The smallest absolute Gasteiger partial charge is 0.382 e. The summed E-state index contributed by atoms with van der Waals surface area (Å²) in [5.41, 5.74) is 4.31. The molecule has 15 heteroatoms. The fraction of sp³-hybridized carbons (Fsp3) is 0.632. The zero-order valence-electron chi connectivity index (χ0n) is 18.4.